The highest BCUT2D eigenvalue weighted by molar-refractivity contribution is 6.30. The van der Waals surface area contributed by atoms with Gasteiger partial charge in [-0.3, -0.25) is 4.79 Å². The van der Waals surface area contributed by atoms with E-state index in [2.05, 4.69) is 5.32 Å². The zero-order chi connectivity index (χ0) is 15.3. The fraction of sp³-hybridized carbons (Fsp3) is 0.429. The second-order valence-corrected chi connectivity index (χ2v) is 5.83. The predicted molar refractivity (Wildman–Crippen MR) is 78.9 cm³/mol. The molecule has 0 aliphatic rings. The SMILES string of the molecule is CN(CC(=O)Nc1cccc(Cl)c1)C(=O)OC(C)(C)C. The molecule has 0 unspecified atom stereocenters. The molecule has 0 saturated carbocycles. The third kappa shape index (κ3) is 5.93. The summed E-state index contributed by atoms with van der Waals surface area (Å²) in [5.74, 6) is -0.319. The molecule has 0 bridgehead atoms. The van der Waals surface area contributed by atoms with Crippen LogP contribution in [0, 0.1) is 0 Å². The van der Waals surface area contributed by atoms with E-state index in [1.807, 2.05) is 0 Å². The molecule has 110 valence electrons. The van der Waals surface area contributed by atoms with Gasteiger partial charge in [-0.05, 0) is 39.0 Å². The maximum Gasteiger partial charge on any atom is 0.410 e. The summed E-state index contributed by atoms with van der Waals surface area (Å²) in [5.41, 5.74) is -0.00510. The number of carbonyl (C=O) groups is 2. The van der Waals surface area contributed by atoms with Gasteiger partial charge in [0.25, 0.3) is 0 Å². The molecular formula is C14H19ClN2O3. The van der Waals surface area contributed by atoms with Crippen LogP contribution in [-0.4, -0.2) is 36.1 Å². The molecule has 1 N–H and O–H groups in total. The highest BCUT2D eigenvalue weighted by atomic mass is 35.5. The van der Waals surface area contributed by atoms with Gasteiger partial charge in [-0.2, -0.15) is 0 Å². The number of rotatable bonds is 3. The maximum absolute atomic E-state index is 11.8. The Balaban J connectivity index is 2.52. The first kappa shape index (κ1) is 16.3. The Kier molecular flexibility index (Phi) is 5.39. The smallest absolute Gasteiger partial charge is 0.410 e. The molecule has 1 aromatic carbocycles. The van der Waals surface area contributed by atoms with E-state index in [-0.39, 0.29) is 12.5 Å². The van der Waals surface area contributed by atoms with Crippen LogP contribution in [0.3, 0.4) is 0 Å². The van der Waals surface area contributed by atoms with Crippen molar-refractivity contribution in [3.05, 3.63) is 29.3 Å². The third-order valence-electron chi connectivity index (χ3n) is 2.19. The maximum atomic E-state index is 11.8. The lowest BCUT2D eigenvalue weighted by Crippen LogP contribution is -2.38. The minimum absolute atomic E-state index is 0.0958. The second kappa shape index (κ2) is 6.61. The van der Waals surface area contributed by atoms with Gasteiger partial charge in [-0.15, -0.1) is 0 Å². The lowest BCUT2D eigenvalue weighted by Gasteiger charge is -2.24. The highest BCUT2D eigenvalue weighted by Crippen LogP contribution is 2.15. The largest absolute Gasteiger partial charge is 0.444 e. The van der Waals surface area contributed by atoms with Crippen molar-refractivity contribution in [3.63, 3.8) is 0 Å². The lowest BCUT2D eigenvalue weighted by molar-refractivity contribution is -0.117. The molecule has 0 atom stereocenters. The van der Waals surface area contributed by atoms with Gasteiger partial charge in [0, 0.05) is 17.8 Å². The number of anilines is 1. The first-order valence-electron chi connectivity index (χ1n) is 6.17. The van der Waals surface area contributed by atoms with Crippen molar-refractivity contribution in [2.75, 3.05) is 18.9 Å². The molecule has 1 aromatic rings. The Labute approximate surface area is 123 Å². The third-order valence-corrected chi connectivity index (χ3v) is 2.43. The minimum atomic E-state index is -0.589. The standard InChI is InChI=1S/C14H19ClN2O3/c1-14(2,3)20-13(19)17(4)9-12(18)16-11-7-5-6-10(15)8-11/h5-8H,9H2,1-4H3,(H,16,18). The van der Waals surface area contributed by atoms with Crippen molar-refractivity contribution in [1.82, 2.24) is 4.90 Å². The number of amides is 2. The molecular weight excluding hydrogens is 280 g/mol. The molecule has 0 spiro atoms. The number of likely N-dealkylation sites (N-methyl/N-ethyl adjacent to an activating group) is 1. The fourth-order valence-electron chi connectivity index (χ4n) is 1.39. The molecule has 0 heterocycles. The van der Waals surface area contributed by atoms with E-state index in [0.29, 0.717) is 10.7 Å². The summed E-state index contributed by atoms with van der Waals surface area (Å²) in [6.07, 6.45) is -0.543. The molecule has 6 heteroatoms. The van der Waals surface area contributed by atoms with E-state index in [1.54, 1.807) is 45.0 Å². The van der Waals surface area contributed by atoms with E-state index in [0.717, 1.165) is 0 Å². The number of hydrogen-bond donors (Lipinski definition) is 1. The Hall–Kier alpha value is -1.75. The number of ether oxygens (including phenoxy) is 1. The average Bonchev–Trinajstić information content (AvgIpc) is 2.26. The van der Waals surface area contributed by atoms with Crippen LogP contribution in [0.1, 0.15) is 20.8 Å². The van der Waals surface area contributed by atoms with Gasteiger partial charge in [-0.1, -0.05) is 17.7 Å². The molecule has 20 heavy (non-hydrogen) atoms. The lowest BCUT2D eigenvalue weighted by atomic mass is 10.2. The van der Waals surface area contributed by atoms with Gasteiger partial charge in [-0.25, -0.2) is 4.79 Å². The summed E-state index contributed by atoms with van der Waals surface area (Å²) < 4.78 is 5.16. The Bertz CT molecular complexity index is 497. The van der Waals surface area contributed by atoms with Crippen molar-refractivity contribution >= 4 is 29.3 Å². The molecule has 0 saturated heterocycles. The van der Waals surface area contributed by atoms with E-state index in [4.69, 9.17) is 16.3 Å². The van der Waals surface area contributed by atoms with Gasteiger partial charge in [0.2, 0.25) is 5.91 Å². The van der Waals surface area contributed by atoms with E-state index in [1.165, 1.54) is 11.9 Å². The number of nitrogens with zero attached hydrogens (tertiary/aromatic N) is 1. The van der Waals surface area contributed by atoms with Crippen LogP contribution >= 0.6 is 11.6 Å². The summed E-state index contributed by atoms with van der Waals surface area (Å²) in [7, 11) is 1.51. The van der Waals surface area contributed by atoms with Crippen LogP contribution in [0.4, 0.5) is 10.5 Å². The molecule has 0 aliphatic carbocycles. The van der Waals surface area contributed by atoms with Gasteiger partial charge in [0.1, 0.15) is 12.1 Å². The molecule has 0 fully saturated rings. The number of halogens is 1. The number of carbonyl (C=O) groups excluding carboxylic acids is 2. The van der Waals surface area contributed by atoms with E-state index in [9.17, 15) is 9.59 Å². The number of nitrogens with one attached hydrogen (secondary N) is 1. The van der Waals surface area contributed by atoms with Crippen LogP contribution in [0.15, 0.2) is 24.3 Å². The summed E-state index contributed by atoms with van der Waals surface area (Å²) in [5, 5.41) is 3.19. The molecule has 0 aromatic heterocycles. The van der Waals surface area contributed by atoms with Crippen molar-refractivity contribution in [2.45, 2.75) is 26.4 Å². The molecule has 2 amide bonds. The molecule has 0 radical (unpaired) electrons. The molecule has 0 aliphatic heterocycles. The fourth-order valence-corrected chi connectivity index (χ4v) is 1.58. The normalized spacial score (nSPS) is 10.8. The van der Waals surface area contributed by atoms with Crippen molar-refractivity contribution in [2.24, 2.45) is 0 Å². The zero-order valence-electron chi connectivity index (χ0n) is 12.1. The van der Waals surface area contributed by atoms with Crippen LogP contribution in [-0.2, 0) is 9.53 Å². The first-order chi connectivity index (χ1) is 9.17. The number of benzene rings is 1. The Morgan fingerprint density at radius 1 is 1.35 bits per heavy atom. The van der Waals surface area contributed by atoms with E-state index >= 15 is 0 Å². The van der Waals surface area contributed by atoms with Crippen molar-refractivity contribution in [3.8, 4) is 0 Å². The Morgan fingerprint density at radius 2 is 2.00 bits per heavy atom. The highest BCUT2D eigenvalue weighted by Gasteiger charge is 2.21. The van der Waals surface area contributed by atoms with Crippen LogP contribution in [0.5, 0.6) is 0 Å². The van der Waals surface area contributed by atoms with Crippen molar-refractivity contribution < 1.29 is 14.3 Å². The molecule has 1 rings (SSSR count). The summed E-state index contributed by atoms with van der Waals surface area (Å²) >= 11 is 5.82. The summed E-state index contributed by atoms with van der Waals surface area (Å²) in [6.45, 7) is 5.21. The van der Waals surface area contributed by atoms with Gasteiger partial charge in [0.05, 0.1) is 0 Å². The minimum Gasteiger partial charge on any atom is -0.444 e. The van der Waals surface area contributed by atoms with Crippen LogP contribution < -0.4 is 5.32 Å². The first-order valence-corrected chi connectivity index (χ1v) is 6.55. The second-order valence-electron chi connectivity index (χ2n) is 5.39. The monoisotopic (exact) mass is 298 g/mol. The zero-order valence-corrected chi connectivity index (χ0v) is 12.8. The quantitative estimate of drug-likeness (QED) is 0.932. The van der Waals surface area contributed by atoms with Gasteiger partial charge >= 0.3 is 6.09 Å². The number of hydrogen-bond acceptors (Lipinski definition) is 3. The average molecular weight is 299 g/mol. The van der Waals surface area contributed by atoms with Crippen LogP contribution in [0.25, 0.3) is 0 Å². The van der Waals surface area contributed by atoms with Gasteiger partial charge in [0.15, 0.2) is 0 Å². The van der Waals surface area contributed by atoms with Gasteiger partial charge < -0.3 is 15.0 Å². The Morgan fingerprint density at radius 3 is 2.55 bits per heavy atom. The summed E-state index contributed by atoms with van der Waals surface area (Å²) in [4.78, 5) is 24.7. The van der Waals surface area contributed by atoms with Crippen LogP contribution in [0.2, 0.25) is 5.02 Å². The topological polar surface area (TPSA) is 58.6 Å². The van der Waals surface area contributed by atoms with E-state index < -0.39 is 11.7 Å². The predicted octanol–water partition coefficient (Wildman–Crippen LogP) is 3.15. The summed E-state index contributed by atoms with van der Waals surface area (Å²) in [6, 6.07) is 6.80. The van der Waals surface area contributed by atoms with Crippen molar-refractivity contribution in [1.29, 1.82) is 0 Å². The molecule has 5 nitrogen and oxygen atoms in total.